The van der Waals surface area contributed by atoms with Crippen LogP contribution in [0.5, 0.6) is 0 Å². The first-order chi connectivity index (χ1) is 11.1. The Balaban J connectivity index is 0.00000288. The first-order valence-corrected chi connectivity index (χ1v) is 9.80. The van der Waals surface area contributed by atoms with Gasteiger partial charge in [-0.05, 0) is 52.2 Å². The summed E-state index contributed by atoms with van der Waals surface area (Å²) < 4.78 is 0. The van der Waals surface area contributed by atoms with Crippen molar-refractivity contribution in [1.82, 2.24) is 15.5 Å². The number of aliphatic imine (C=N–C) groups is 1. The number of guanidine groups is 1. The van der Waals surface area contributed by atoms with E-state index in [2.05, 4.69) is 55.4 Å². The van der Waals surface area contributed by atoms with Gasteiger partial charge in [0.1, 0.15) is 0 Å². The number of halogens is 1. The Hall–Kier alpha value is -0.340. The highest BCUT2D eigenvalue weighted by atomic mass is 127. The van der Waals surface area contributed by atoms with Gasteiger partial charge >= 0.3 is 0 Å². The first-order valence-electron chi connectivity index (χ1n) is 8.98. The van der Waals surface area contributed by atoms with Crippen LogP contribution in [0.3, 0.4) is 0 Å². The van der Waals surface area contributed by atoms with Gasteiger partial charge in [0.05, 0.1) is 6.54 Å². The van der Waals surface area contributed by atoms with E-state index in [1.165, 1.54) is 35.7 Å². The van der Waals surface area contributed by atoms with Crippen molar-refractivity contribution in [3.8, 4) is 0 Å². The molecule has 0 saturated carbocycles. The summed E-state index contributed by atoms with van der Waals surface area (Å²) in [6, 6.07) is 5.62. The Morgan fingerprint density at radius 3 is 2.46 bits per heavy atom. The second-order valence-corrected chi connectivity index (χ2v) is 7.72. The molecule has 1 aliphatic rings. The van der Waals surface area contributed by atoms with E-state index in [0.717, 1.165) is 25.5 Å². The van der Waals surface area contributed by atoms with Crippen molar-refractivity contribution < 1.29 is 0 Å². The van der Waals surface area contributed by atoms with Gasteiger partial charge in [0.2, 0.25) is 0 Å². The average Bonchev–Trinajstić information content (AvgIpc) is 3.01. The number of hydrogen-bond acceptors (Lipinski definition) is 3. The third-order valence-electron chi connectivity index (χ3n) is 4.40. The molecule has 0 amide bonds. The molecule has 2 heterocycles. The lowest BCUT2D eigenvalue weighted by molar-refractivity contribution is 0.167. The highest BCUT2D eigenvalue weighted by Gasteiger charge is 2.21. The molecule has 138 valence electrons. The molecule has 0 atom stereocenters. The van der Waals surface area contributed by atoms with Crippen molar-refractivity contribution in [2.24, 2.45) is 4.99 Å². The summed E-state index contributed by atoms with van der Waals surface area (Å²) in [6.45, 7) is 12.9. The molecule has 0 aliphatic carbocycles. The summed E-state index contributed by atoms with van der Waals surface area (Å²) in [7, 11) is 0. The molecule has 0 bridgehead atoms. The second kappa shape index (κ2) is 11.3. The lowest BCUT2D eigenvalue weighted by Gasteiger charge is -2.35. The molecular weight excluding hydrogens is 431 g/mol. The van der Waals surface area contributed by atoms with E-state index >= 15 is 0 Å². The van der Waals surface area contributed by atoms with Crippen LogP contribution in [0, 0.1) is 0 Å². The zero-order chi connectivity index (χ0) is 16.7. The number of piperidine rings is 1. The van der Waals surface area contributed by atoms with Crippen LogP contribution in [0.25, 0.3) is 0 Å². The van der Waals surface area contributed by atoms with Gasteiger partial charge in [0, 0.05) is 41.5 Å². The summed E-state index contributed by atoms with van der Waals surface area (Å²) in [5, 5.41) is 7.01. The number of hydrogen-bond donors (Lipinski definition) is 2. The van der Waals surface area contributed by atoms with E-state index in [9.17, 15) is 0 Å². The van der Waals surface area contributed by atoms with Gasteiger partial charge in [0.15, 0.2) is 5.96 Å². The lowest BCUT2D eigenvalue weighted by Crippen LogP contribution is -2.49. The molecule has 1 aromatic rings. The van der Waals surface area contributed by atoms with Crippen LogP contribution >= 0.6 is 35.3 Å². The number of rotatable bonds is 6. The van der Waals surface area contributed by atoms with Gasteiger partial charge in [0.25, 0.3) is 0 Å². The standard InChI is InChI=1S/C18H32N4S.HI/c1-5-16-7-8-17(23-16)13-20-18(19-6-2)21-15-9-11-22(12-10-15)14(3)4;/h7-8,14-15H,5-6,9-13H2,1-4H3,(H2,19,20,21);1H. The SMILES string of the molecule is CCNC(=NCc1ccc(CC)s1)NC1CCN(C(C)C)CC1.I. The zero-order valence-corrected chi connectivity index (χ0v) is 18.6. The highest BCUT2D eigenvalue weighted by molar-refractivity contribution is 14.0. The molecule has 1 fully saturated rings. The Bertz CT molecular complexity index is 493. The van der Waals surface area contributed by atoms with Gasteiger partial charge in [-0.3, -0.25) is 0 Å². The number of nitrogens with one attached hydrogen (secondary N) is 2. The maximum Gasteiger partial charge on any atom is 0.191 e. The molecule has 6 heteroatoms. The first kappa shape index (κ1) is 21.7. The highest BCUT2D eigenvalue weighted by Crippen LogP contribution is 2.18. The molecule has 0 radical (unpaired) electrons. The fraction of sp³-hybridized carbons (Fsp3) is 0.722. The quantitative estimate of drug-likeness (QED) is 0.382. The number of aryl methyl sites for hydroxylation is 1. The van der Waals surface area contributed by atoms with Crippen LogP contribution in [-0.4, -0.2) is 42.6 Å². The number of thiophene rings is 1. The fourth-order valence-electron chi connectivity index (χ4n) is 2.93. The Kier molecular flexibility index (Phi) is 10.2. The van der Waals surface area contributed by atoms with Crippen LogP contribution in [-0.2, 0) is 13.0 Å². The van der Waals surface area contributed by atoms with Crippen molar-refractivity contribution in [1.29, 1.82) is 0 Å². The summed E-state index contributed by atoms with van der Waals surface area (Å²) in [6.07, 6.45) is 3.50. The normalized spacial score (nSPS) is 17.0. The number of likely N-dealkylation sites (tertiary alicyclic amines) is 1. The summed E-state index contributed by atoms with van der Waals surface area (Å²) in [5.41, 5.74) is 0. The molecule has 0 spiro atoms. The van der Waals surface area contributed by atoms with Gasteiger partial charge in [-0.2, -0.15) is 0 Å². The lowest BCUT2D eigenvalue weighted by atomic mass is 10.0. The van der Waals surface area contributed by atoms with Crippen molar-refractivity contribution >= 4 is 41.3 Å². The van der Waals surface area contributed by atoms with E-state index < -0.39 is 0 Å². The monoisotopic (exact) mass is 464 g/mol. The van der Waals surface area contributed by atoms with Crippen LogP contribution in [0.15, 0.2) is 17.1 Å². The predicted molar refractivity (Wildman–Crippen MR) is 117 cm³/mol. The molecule has 1 saturated heterocycles. The zero-order valence-electron chi connectivity index (χ0n) is 15.5. The van der Waals surface area contributed by atoms with E-state index in [1.54, 1.807) is 0 Å². The van der Waals surface area contributed by atoms with Crippen molar-refractivity contribution in [3.05, 3.63) is 21.9 Å². The summed E-state index contributed by atoms with van der Waals surface area (Å²) in [5.74, 6) is 0.960. The van der Waals surface area contributed by atoms with Gasteiger partial charge < -0.3 is 15.5 Å². The second-order valence-electron chi connectivity index (χ2n) is 6.47. The topological polar surface area (TPSA) is 39.7 Å². The molecular formula is C18H33IN4S. The Labute approximate surface area is 168 Å². The largest absolute Gasteiger partial charge is 0.357 e. The minimum Gasteiger partial charge on any atom is -0.357 e. The van der Waals surface area contributed by atoms with Crippen molar-refractivity contribution in [2.75, 3.05) is 19.6 Å². The third-order valence-corrected chi connectivity index (χ3v) is 5.62. The third kappa shape index (κ3) is 6.88. The van der Waals surface area contributed by atoms with E-state index in [1.807, 2.05) is 11.3 Å². The van der Waals surface area contributed by atoms with Crippen molar-refractivity contribution in [3.63, 3.8) is 0 Å². The molecule has 2 N–H and O–H groups in total. The minimum absolute atomic E-state index is 0. The smallest absolute Gasteiger partial charge is 0.191 e. The van der Waals surface area contributed by atoms with Crippen LogP contribution < -0.4 is 10.6 Å². The average molecular weight is 464 g/mol. The van der Waals surface area contributed by atoms with Crippen LogP contribution in [0.2, 0.25) is 0 Å². The maximum atomic E-state index is 4.77. The maximum absolute atomic E-state index is 4.77. The Morgan fingerprint density at radius 1 is 1.25 bits per heavy atom. The molecule has 1 aromatic heterocycles. The van der Waals surface area contributed by atoms with Gasteiger partial charge in [-0.15, -0.1) is 35.3 Å². The summed E-state index contributed by atoms with van der Waals surface area (Å²) in [4.78, 5) is 10.1. The fourth-order valence-corrected chi connectivity index (χ4v) is 3.81. The molecule has 2 rings (SSSR count). The van der Waals surface area contributed by atoms with Crippen LogP contribution in [0.4, 0.5) is 0 Å². The molecule has 4 nitrogen and oxygen atoms in total. The molecule has 1 aliphatic heterocycles. The van der Waals surface area contributed by atoms with Crippen molar-refractivity contribution in [2.45, 2.75) is 65.6 Å². The van der Waals surface area contributed by atoms with E-state index in [-0.39, 0.29) is 24.0 Å². The van der Waals surface area contributed by atoms with Crippen LogP contribution in [0.1, 0.15) is 50.3 Å². The van der Waals surface area contributed by atoms with E-state index in [4.69, 9.17) is 4.99 Å². The van der Waals surface area contributed by atoms with Gasteiger partial charge in [-0.25, -0.2) is 4.99 Å². The minimum atomic E-state index is 0. The number of nitrogens with zero attached hydrogens (tertiary/aromatic N) is 2. The molecule has 24 heavy (non-hydrogen) atoms. The molecule has 0 unspecified atom stereocenters. The van der Waals surface area contributed by atoms with Gasteiger partial charge in [-0.1, -0.05) is 6.92 Å². The summed E-state index contributed by atoms with van der Waals surface area (Å²) >= 11 is 1.87. The molecule has 0 aromatic carbocycles. The predicted octanol–water partition coefficient (Wildman–Crippen LogP) is 3.86. The Morgan fingerprint density at radius 2 is 1.92 bits per heavy atom. The van der Waals surface area contributed by atoms with E-state index in [0.29, 0.717) is 12.1 Å².